The quantitative estimate of drug-likeness (QED) is 0.522. The molecule has 1 atom stereocenters. The molecule has 2 amide bonds. The number of amides is 2. The molecule has 0 heterocycles. The molecule has 0 spiro atoms. The van der Waals surface area contributed by atoms with Gasteiger partial charge in [-0.2, -0.15) is 0 Å². The molecular weight excluding hydrogens is 436 g/mol. The van der Waals surface area contributed by atoms with Crippen LogP contribution >= 0.6 is 0 Å². The number of rotatable bonds is 11. The third-order valence-electron chi connectivity index (χ3n) is 4.54. The lowest BCUT2D eigenvalue weighted by Gasteiger charge is -2.19. The van der Waals surface area contributed by atoms with Crippen LogP contribution in [0.25, 0.3) is 0 Å². The zero-order valence-corrected chi connectivity index (χ0v) is 19.1. The molecule has 1 unspecified atom stereocenters. The van der Waals surface area contributed by atoms with Gasteiger partial charge in [0.05, 0.1) is 20.0 Å². The topological polar surface area (TPSA) is 120 Å². The van der Waals surface area contributed by atoms with E-state index in [0.717, 1.165) is 11.8 Å². The molecule has 10 heteroatoms. The Morgan fingerprint density at radius 2 is 1.72 bits per heavy atom. The fraction of sp³-hybridized carbons (Fsp3) is 0.364. The standard InChI is InChI=1S/C22H28N2O7S/c1-29-19-11-7-10-17(20(19)30-2)14-23-21(25)18(12-13-32(3,27)28)24-22(26)31-15-16-8-5-4-6-9-16/h4-11,18H,12-15H2,1-3H3,(H,23,25)(H,24,26). The summed E-state index contributed by atoms with van der Waals surface area (Å²) in [5, 5.41) is 5.15. The predicted octanol–water partition coefficient (Wildman–Crippen LogP) is 2.05. The zero-order chi connectivity index (χ0) is 23.6. The van der Waals surface area contributed by atoms with Crippen LogP contribution < -0.4 is 20.1 Å². The fourth-order valence-corrected chi connectivity index (χ4v) is 3.57. The van der Waals surface area contributed by atoms with Crippen molar-refractivity contribution < 1.29 is 32.2 Å². The van der Waals surface area contributed by atoms with Gasteiger partial charge in [0.2, 0.25) is 5.91 Å². The molecule has 2 rings (SSSR count). The van der Waals surface area contributed by atoms with Gasteiger partial charge in [-0.15, -0.1) is 0 Å². The highest BCUT2D eigenvalue weighted by Crippen LogP contribution is 2.30. The van der Waals surface area contributed by atoms with E-state index in [4.69, 9.17) is 14.2 Å². The Morgan fingerprint density at radius 3 is 2.34 bits per heavy atom. The Labute approximate surface area is 188 Å². The van der Waals surface area contributed by atoms with Gasteiger partial charge in [0, 0.05) is 18.4 Å². The summed E-state index contributed by atoms with van der Waals surface area (Å²) in [6, 6.07) is 13.2. The number of sulfone groups is 1. The molecule has 0 aliphatic heterocycles. The van der Waals surface area contributed by atoms with Crippen LogP contribution in [0.3, 0.4) is 0 Å². The van der Waals surface area contributed by atoms with Crippen molar-refractivity contribution in [3.05, 3.63) is 59.7 Å². The Kier molecular flexibility index (Phi) is 9.33. The minimum atomic E-state index is -3.34. The summed E-state index contributed by atoms with van der Waals surface area (Å²) < 4.78 is 38.9. The zero-order valence-electron chi connectivity index (χ0n) is 18.3. The monoisotopic (exact) mass is 464 g/mol. The third kappa shape index (κ3) is 8.10. The van der Waals surface area contributed by atoms with E-state index in [-0.39, 0.29) is 25.3 Å². The average Bonchev–Trinajstić information content (AvgIpc) is 2.78. The second kappa shape index (κ2) is 11.9. The first-order valence-electron chi connectivity index (χ1n) is 9.86. The van der Waals surface area contributed by atoms with Crippen LogP contribution in [-0.2, 0) is 32.5 Å². The number of hydrogen-bond donors (Lipinski definition) is 2. The molecule has 0 aliphatic rings. The lowest BCUT2D eigenvalue weighted by molar-refractivity contribution is -0.123. The van der Waals surface area contributed by atoms with Gasteiger partial charge in [-0.25, -0.2) is 13.2 Å². The molecule has 0 aliphatic carbocycles. The van der Waals surface area contributed by atoms with Crippen molar-refractivity contribution in [1.82, 2.24) is 10.6 Å². The van der Waals surface area contributed by atoms with E-state index in [9.17, 15) is 18.0 Å². The first-order valence-corrected chi connectivity index (χ1v) is 11.9. The number of carbonyl (C=O) groups excluding carboxylic acids is 2. The second-order valence-corrected chi connectivity index (χ2v) is 9.31. The van der Waals surface area contributed by atoms with E-state index in [0.29, 0.717) is 17.1 Å². The van der Waals surface area contributed by atoms with E-state index in [1.807, 2.05) is 18.2 Å². The molecule has 0 radical (unpaired) electrons. The van der Waals surface area contributed by atoms with E-state index < -0.39 is 27.9 Å². The van der Waals surface area contributed by atoms with Crippen LogP contribution in [0.1, 0.15) is 17.5 Å². The summed E-state index contributed by atoms with van der Waals surface area (Å²) >= 11 is 0. The Balaban J connectivity index is 2.03. The van der Waals surface area contributed by atoms with Gasteiger partial charge < -0.3 is 24.8 Å². The molecule has 2 aromatic carbocycles. The molecule has 0 aromatic heterocycles. The van der Waals surface area contributed by atoms with Crippen molar-refractivity contribution in [2.45, 2.75) is 25.6 Å². The van der Waals surface area contributed by atoms with Gasteiger partial charge in [-0.05, 0) is 18.1 Å². The van der Waals surface area contributed by atoms with E-state index in [2.05, 4.69) is 10.6 Å². The number of para-hydroxylation sites is 1. The lowest BCUT2D eigenvalue weighted by Crippen LogP contribution is -2.47. The molecule has 9 nitrogen and oxygen atoms in total. The van der Waals surface area contributed by atoms with Gasteiger partial charge in [-0.1, -0.05) is 42.5 Å². The SMILES string of the molecule is COc1cccc(CNC(=O)C(CCS(C)(=O)=O)NC(=O)OCc2ccccc2)c1OC. The van der Waals surface area contributed by atoms with E-state index in [1.54, 1.807) is 30.3 Å². The molecule has 0 bridgehead atoms. The first kappa shape index (κ1) is 25.0. The number of hydrogen-bond acceptors (Lipinski definition) is 7. The Morgan fingerprint density at radius 1 is 1.00 bits per heavy atom. The minimum Gasteiger partial charge on any atom is -0.493 e. The van der Waals surface area contributed by atoms with Crippen molar-refractivity contribution in [2.75, 3.05) is 26.2 Å². The summed E-state index contributed by atoms with van der Waals surface area (Å²) in [5.41, 5.74) is 1.44. The maximum atomic E-state index is 12.7. The number of nitrogens with one attached hydrogen (secondary N) is 2. The number of carbonyl (C=O) groups is 2. The lowest BCUT2D eigenvalue weighted by atomic mass is 10.1. The van der Waals surface area contributed by atoms with Crippen LogP contribution in [0.15, 0.2) is 48.5 Å². The maximum Gasteiger partial charge on any atom is 0.408 e. The van der Waals surface area contributed by atoms with Crippen molar-refractivity contribution >= 4 is 21.8 Å². The van der Waals surface area contributed by atoms with Gasteiger partial charge >= 0.3 is 6.09 Å². The fourth-order valence-electron chi connectivity index (χ4n) is 2.91. The highest BCUT2D eigenvalue weighted by molar-refractivity contribution is 7.90. The van der Waals surface area contributed by atoms with Crippen molar-refractivity contribution in [3.63, 3.8) is 0 Å². The summed E-state index contributed by atoms with van der Waals surface area (Å²) in [5.74, 6) is 0.163. The molecule has 2 N–H and O–H groups in total. The summed E-state index contributed by atoms with van der Waals surface area (Å²) in [6.45, 7) is 0.115. The first-order chi connectivity index (χ1) is 15.2. The van der Waals surface area contributed by atoms with Crippen molar-refractivity contribution in [2.24, 2.45) is 0 Å². The highest BCUT2D eigenvalue weighted by atomic mass is 32.2. The third-order valence-corrected chi connectivity index (χ3v) is 5.51. The van der Waals surface area contributed by atoms with Gasteiger partial charge in [0.1, 0.15) is 22.5 Å². The molecule has 174 valence electrons. The van der Waals surface area contributed by atoms with Crippen LogP contribution in [-0.4, -0.2) is 52.7 Å². The molecule has 2 aromatic rings. The normalized spacial score (nSPS) is 11.8. The summed E-state index contributed by atoms with van der Waals surface area (Å²) in [6.07, 6.45) is 0.151. The Hall–Kier alpha value is -3.27. The maximum absolute atomic E-state index is 12.7. The summed E-state index contributed by atoms with van der Waals surface area (Å²) in [4.78, 5) is 25.0. The molecule has 0 fully saturated rings. The number of methoxy groups -OCH3 is 2. The Bertz CT molecular complexity index is 1010. The van der Waals surface area contributed by atoms with Gasteiger partial charge in [0.25, 0.3) is 0 Å². The summed E-state index contributed by atoms with van der Waals surface area (Å²) in [7, 11) is -0.344. The second-order valence-electron chi connectivity index (χ2n) is 7.05. The van der Waals surface area contributed by atoms with Crippen LogP contribution in [0.2, 0.25) is 0 Å². The number of benzene rings is 2. The van der Waals surface area contributed by atoms with Crippen LogP contribution in [0.4, 0.5) is 4.79 Å². The number of alkyl carbamates (subject to hydrolysis) is 1. The van der Waals surface area contributed by atoms with Crippen LogP contribution in [0, 0.1) is 0 Å². The predicted molar refractivity (Wildman–Crippen MR) is 119 cm³/mol. The van der Waals surface area contributed by atoms with Gasteiger partial charge in [-0.3, -0.25) is 4.79 Å². The largest absolute Gasteiger partial charge is 0.493 e. The molecule has 0 saturated heterocycles. The average molecular weight is 465 g/mol. The van der Waals surface area contributed by atoms with Crippen molar-refractivity contribution in [1.29, 1.82) is 0 Å². The molecular formula is C22H28N2O7S. The minimum absolute atomic E-state index is 0.0219. The smallest absolute Gasteiger partial charge is 0.408 e. The van der Waals surface area contributed by atoms with Gasteiger partial charge in [0.15, 0.2) is 11.5 Å². The number of ether oxygens (including phenoxy) is 3. The van der Waals surface area contributed by atoms with Crippen molar-refractivity contribution in [3.8, 4) is 11.5 Å². The van der Waals surface area contributed by atoms with E-state index >= 15 is 0 Å². The molecule has 32 heavy (non-hydrogen) atoms. The van der Waals surface area contributed by atoms with E-state index in [1.165, 1.54) is 14.2 Å². The highest BCUT2D eigenvalue weighted by Gasteiger charge is 2.23. The molecule has 0 saturated carbocycles. The van der Waals surface area contributed by atoms with Crippen LogP contribution in [0.5, 0.6) is 11.5 Å².